The second-order valence-electron chi connectivity index (χ2n) is 4.84. The van der Waals surface area contributed by atoms with E-state index < -0.39 is 0 Å². The molecule has 0 aromatic rings. The third-order valence-corrected chi connectivity index (χ3v) is 3.63. The number of hydrogen-bond donors (Lipinski definition) is 2. The summed E-state index contributed by atoms with van der Waals surface area (Å²) in [6.45, 7) is 4.44. The Kier molecular flexibility index (Phi) is 7.10. The maximum Gasteiger partial charge on any atom is 0.0497 e. The first-order valence-corrected chi connectivity index (χ1v) is 7.68. The number of hydrogen-bond acceptors (Lipinski definition) is 3. The number of nitrogens with zero attached hydrogens (tertiary/aromatic N) is 1. The van der Waals surface area contributed by atoms with Gasteiger partial charge in [-0.1, -0.05) is 34.2 Å². The second-order valence-corrected chi connectivity index (χ2v) is 5.49. The Labute approximate surface area is 124 Å². The van der Waals surface area contributed by atoms with Crippen molar-refractivity contribution in [3.05, 3.63) is 34.9 Å². The maximum absolute atomic E-state index is 9.20. The predicted molar refractivity (Wildman–Crippen MR) is 85.6 cm³/mol. The van der Waals surface area contributed by atoms with Gasteiger partial charge in [-0.3, -0.25) is 0 Å². The standard InChI is InChI=1S/C15H23BrN2O/c1-11(9-18-17-3)4-5-12(2)14(6-7-16)15-8-13(15)10-19/h4-6,9,13,15,17,19H,7-8,10H2,1-3H3/b11-4+,12-5-,14-6?,18-9-/t13-,15-/m0/s1. The Morgan fingerprint density at radius 1 is 1.42 bits per heavy atom. The normalized spacial score (nSPS) is 25.0. The smallest absolute Gasteiger partial charge is 0.0497 e. The summed E-state index contributed by atoms with van der Waals surface area (Å²) in [4.78, 5) is 0. The molecule has 1 aliphatic carbocycles. The lowest BCUT2D eigenvalue weighted by molar-refractivity contribution is 0.271. The van der Waals surface area contributed by atoms with E-state index in [1.807, 2.05) is 6.92 Å². The first-order valence-electron chi connectivity index (χ1n) is 6.56. The van der Waals surface area contributed by atoms with Gasteiger partial charge in [-0.05, 0) is 48.8 Å². The molecule has 4 heteroatoms. The second kappa shape index (κ2) is 8.33. The van der Waals surface area contributed by atoms with Crippen molar-refractivity contribution >= 4 is 22.1 Å². The summed E-state index contributed by atoms with van der Waals surface area (Å²) in [5, 5.41) is 14.0. The zero-order valence-corrected chi connectivity index (χ0v) is 13.4. The molecule has 1 fully saturated rings. The quantitative estimate of drug-likeness (QED) is 0.327. The van der Waals surface area contributed by atoms with Crippen LogP contribution in [0.25, 0.3) is 0 Å². The molecule has 2 N–H and O–H groups in total. The van der Waals surface area contributed by atoms with Gasteiger partial charge < -0.3 is 10.5 Å². The van der Waals surface area contributed by atoms with E-state index in [9.17, 15) is 5.11 Å². The van der Waals surface area contributed by atoms with Crippen LogP contribution >= 0.6 is 15.9 Å². The van der Waals surface area contributed by atoms with Crippen LogP contribution in [-0.2, 0) is 0 Å². The van der Waals surface area contributed by atoms with E-state index in [1.54, 1.807) is 13.3 Å². The number of nitrogens with one attached hydrogen (secondary N) is 1. The van der Waals surface area contributed by atoms with E-state index in [2.05, 4.69) is 51.6 Å². The summed E-state index contributed by atoms with van der Waals surface area (Å²) < 4.78 is 0. The summed E-state index contributed by atoms with van der Waals surface area (Å²) in [5.41, 5.74) is 6.45. The van der Waals surface area contributed by atoms with Crippen LogP contribution in [0, 0.1) is 11.8 Å². The van der Waals surface area contributed by atoms with Crippen molar-refractivity contribution in [3.8, 4) is 0 Å². The highest BCUT2D eigenvalue weighted by Crippen LogP contribution is 2.46. The van der Waals surface area contributed by atoms with Crippen molar-refractivity contribution in [1.82, 2.24) is 5.43 Å². The Morgan fingerprint density at radius 3 is 2.68 bits per heavy atom. The first kappa shape index (κ1) is 16.2. The average Bonchev–Trinajstić information content (AvgIpc) is 3.19. The maximum atomic E-state index is 9.20. The minimum absolute atomic E-state index is 0.293. The van der Waals surface area contributed by atoms with E-state index in [-0.39, 0.29) is 0 Å². The van der Waals surface area contributed by atoms with Crippen molar-refractivity contribution in [2.45, 2.75) is 20.3 Å². The molecular weight excluding hydrogens is 304 g/mol. The molecule has 3 nitrogen and oxygen atoms in total. The van der Waals surface area contributed by atoms with Crippen molar-refractivity contribution in [1.29, 1.82) is 0 Å². The SMILES string of the molecule is CN\N=C/C(C)=C/C=C(/C)C(=CCBr)[C@H]1C[C@H]1CO. The van der Waals surface area contributed by atoms with Crippen LogP contribution in [0.3, 0.4) is 0 Å². The van der Waals surface area contributed by atoms with Gasteiger partial charge in [0.05, 0.1) is 0 Å². The molecule has 0 saturated heterocycles. The van der Waals surface area contributed by atoms with E-state index >= 15 is 0 Å². The van der Waals surface area contributed by atoms with Crippen molar-refractivity contribution in [2.75, 3.05) is 19.0 Å². The molecule has 106 valence electrons. The highest BCUT2D eigenvalue weighted by Gasteiger charge is 2.39. The zero-order valence-electron chi connectivity index (χ0n) is 11.9. The van der Waals surface area contributed by atoms with Gasteiger partial charge in [0.2, 0.25) is 0 Å². The lowest BCUT2D eigenvalue weighted by Crippen LogP contribution is -1.96. The van der Waals surface area contributed by atoms with E-state index in [1.165, 1.54) is 11.1 Å². The summed E-state index contributed by atoms with van der Waals surface area (Å²) in [6.07, 6.45) is 9.29. The minimum atomic E-state index is 0.293. The average molecular weight is 327 g/mol. The molecule has 0 aliphatic heterocycles. The lowest BCUT2D eigenvalue weighted by Gasteiger charge is -2.06. The number of rotatable bonds is 7. The third-order valence-electron chi connectivity index (χ3n) is 3.30. The number of halogens is 1. The Hall–Kier alpha value is -0.870. The topological polar surface area (TPSA) is 44.6 Å². The summed E-state index contributed by atoms with van der Waals surface area (Å²) in [7, 11) is 1.78. The van der Waals surface area contributed by atoms with Gasteiger partial charge in [-0.15, -0.1) is 0 Å². The molecule has 0 heterocycles. The summed E-state index contributed by atoms with van der Waals surface area (Å²) in [6, 6.07) is 0. The molecule has 1 saturated carbocycles. The molecule has 1 aliphatic rings. The fourth-order valence-corrected chi connectivity index (χ4v) is 2.43. The molecule has 0 amide bonds. The number of aliphatic hydroxyl groups excluding tert-OH is 1. The predicted octanol–water partition coefficient (Wildman–Crippen LogP) is 3.03. The highest BCUT2D eigenvalue weighted by atomic mass is 79.9. The van der Waals surface area contributed by atoms with Crippen LogP contribution in [0.2, 0.25) is 0 Å². The Morgan fingerprint density at radius 2 is 2.16 bits per heavy atom. The largest absolute Gasteiger partial charge is 0.396 e. The van der Waals surface area contributed by atoms with Crippen LogP contribution in [0.4, 0.5) is 0 Å². The monoisotopic (exact) mass is 326 g/mol. The van der Waals surface area contributed by atoms with Crippen molar-refractivity contribution in [3.63, 3.8) is 0 Å². The van der Waals surface area contributed by atoms with Gasteiger partial charge in [-0.2, -0.15) is 5.10 Å². The molecule has 1 rings (SSSR count). The molecular formula is C15H23BrN2O. The molecule has 0 aromatic carbocycles. The van der Waals surface area contributed by atoms with Gasteiger partial charge in [0.15, 0.2) is 0 Å². The fraction of sp³-hybridized carbons (Fsp3) is 0.533. The molecule has 0 unspecified atom stereocenters. The number of hydrazone groups is 1. The number of aliphatic hydroxyl groups is 1. The van der Waals surface area contributed by atoms with Crippen LogP contribution in [-0.4, -0.2) is 30.3 Å². The highest BCUT2D eigenvalue weighted by molar-refractivity contribution is 9.09. The first-order chi connectivity index (χ1) is 9.13. The van der Waals surface area contributed by atoms with E-state index in [0.29, 0.717) is 18.4 Å². The lowest BCUT2D eigenvalue weighted by atomic mass is 10.0. The minimum Gasteiger partial charge on any atom is -0.396 e. The molecule has 0 bridgehead atoms. The van der Waals surface area contributed by atoms with Crippen LogP contribution in [0.1, 0.15) is 20.3 Å². The van der Waals surface area contributed by atoms with E-state index in [0.717, 1.165) is 17.3 Å². The molecule has 0 spiro atoms. The molecule has 0 radical (unpaired) electrons. The Bertz CT molecular complexity index is 410. The molecule has 19 heavy (non-hydrogen) atoms. The number of alkyl halides is 1. The van der Waals surface area contributed by atoms with Crippen LogP contribution in [0.15, 0.2) is 40.0 Å². The number of allylic oxidation sites excluding steroid dienone is 6. The molecule has 2 atom stereocenters. The van der Waals surface area contributed by atoms with Gasteiger partial charge >= 0.3 is 0 Å². The van der Waals surface area contributed by atoms with Crippen LogP contribution < -0.4 is 5.43 Å². The Balaban J connectivity index is 2.75. The zero-order chi connectivity index (χ0) is 14.3. The van der Waals surface area contributed by atoms with Crippen molar-refractivity contribution < 1.29 is 5.11 Å². The summed E-state index contributed by atoms with van der Waals surface area (Å²) >= 11 is 3.46. The van der Waals surface area contributed by atoms with Crippen molar-refractivity contribution in [2.24, 2.45) is 16.9 Å². The van der Waals surface area contributed by atoms with E-state index in [4.69, 9.17) is 0 Å². The van der Waals surface area contributed by atoms with Gasteiger partial charge in [0.25, 0.3) is 0 Å². The van der Waals surface area contributed by atoms with Gasteiger partial charge in [0.1, 0.15) is 0 Å². The third kappa shape index (κ3) is 5.33. The van der Waals surface area contributed by atoms with Gasteiger partial charge in [-0.25, -0.2) is 0 Å². The summed E-state index contributed by atoms with van der Waals surface area (Å²) in [5.74, 6) is 0.975. The fourth-order valence-electron chi connectivity index (χ4n) is 2.08. The molecule has 0 aromatic heterocycles. The van der Waals surface area contributed by atoms with Crippen LogP contribution in [0.5, 0.6) is 0 Å². The van der Waals surface area contributed by atoms with Gasteiger partial charge in [0, 0.05) is 25.2 Å².